The highest BCUT2D eigenvalue weighted by Gasteiger charge is 2.07. The summed E-state index contributed by atoms with van der Waals surface area (Å²) in [5.41, 5.74) is 1.12. The Morgan fingerprint density at radius 1 is 1.39 bits per heavy atom. The fraction of sp³-hybridized carbons (Fsp3) is 0.308. The minimum absolute atomic E-state index is 0.368. The number of aromatic nitrogens is 1. The SMILES string of the molecule is CNCc1oc(COc2cncc(Cl)c2)cc1C. The van der Waals surface area contributed by atoms with Crippen LogP contribution in [0.2, 0.25) is 5.02 Å². The first-order valence-corrected chi connectivity index (χ1v) is 6.03. The van der Waals surface area contributed by atoms with Gasteiger partial charge in [0.15, 0.2) is 0 Å². The van der Waals surface area contributed by atoms with Crippen molar-refractivity contribution in [2.45, 2.75) is 20.1 Å². The van der Waals surface area contributed by atoms with Gasteiger partial charge in [0.1, 0.15) is 23.9 Å². The first-order chi connectivity index (χ1) is 8.69. The molecule has 1 N–H and O–H groups in total. The van der Waals surface area contributed by atoms with E-state index in [1.54, 1.807) is 18.5 Å². The predicted molar refractivity (Wildman–Crippen MR) is 69.8 cm³/mol. The highest BCUT2D eigenvalue weighted by molar-refractivity contribution is 6.30. The first-order valence-electron chi connectivity index (χ1n) is 5.65. The number of aryl methyl sites for hydroxylation is 1. The Kier molecular flexibility index (Phi) is 4.23. The van der Waals surface area contributed by atoms with E-state index >= 15 is 0 Å². The van der Waals surface area contributed by atoms with Gasteiger partial charge in [-0.1, -0.05) is 11.6 Å². The Labute approximate surface area is 111 Å². The third kappa shape index (κ3) is 3.24. The van der Waals surface area contributed by atoms with Gasteiger partial charge in [-0.15, -0.1) is 0 Å². The lowest BCUT2D eigenvalue weighted by molar-refractivity contribution is 0.264. The molecule has 0 spiro atoms. The second-order valence-corrected chi connectivity index (χ2v) is 4.41. The lowest BCUT2D eigenvalue weighted by Crippen LogP contribution is -2.04. The van der Waals surface area contributed by atoms with E-state index in [1.807, 2.05) is 20.0 Å². The van der Waals surface area contributed by atoms with Crippen molar-refractivity contribution in [3.05, 3.63) is 46.6 Å². The van der Waals surface area contributed by atoms with E-state index in [4.69, 9.17) is 20.8 Å². The average Bonchev–Trinajstić information content (AvgIpc) is 2.69. The van der Waals surface area contributed by atoms with Gasteiger partial charge in [-0.25, -0.2) is 0 Å². The quantitative estimate of drug-likeness (QED) is 0.904. The lowest BCUT2D eigenvalue weighted by Gasteiger charge is -2.03. The summed E-state index contributed by atoms with van der Waals surface area (Å²) in [4.78, 5) is 3.95. The topological polar surface area (TPSA) is 47.3 Å². The third-order valence-electron chi connectivity index (χ3n) is 2.47. The summed E-state index contributed by atoms with van der Waals surface area (Å²) in [6.45, 7) is 3.09. The summed E-state index contributed by atoms with van der Waals surface area (Å²) in [6, 6.07) is 3.70. The van der Waals surface area contributed by atoms with Crippen LogP contribution in [-0.2, 0) is 13.2 Å². The van der Waals surface area contributed by atoms with E-state index in [-0.39, 0.29) is 0 Å². The maximum atomic E-state index is 5.82. The second-order valence-electron chi connectivity index (χ2n) is 3.98. The van der Waals surface area contributed by atoms with Crippen molar-refractivity contribution in [1.82, 2.24) is 10.3 Å². The van der Waals surface area contributed by atoms with Crippen molar-refractivity contribution in [2.24, 2.45) is 0 Å². The van der Waals surface area contributed by atoms with Crippen molar-refractivity contribution < 1.29 is 9.15 Å². The Bertz CT molecular complexity index is 525. The van der Waals surface area contributed by atoms with Gasteiger partial charge in [-0.05, 0) is 25.6 Å². The summed E-state index contributed by atoms with van der Waals surface area (Å²) < 4.78 is 11.2. The van der Waals surface area contributed by atoms with Crippen LogP contribution in [0.4, 0.5) is 0 Å². The number of pyridine rings is 1. The minimum atomic E-state index is 0.368. The first kappa shape index (κ1) is 12.9. The van der Waals surface area contributed by atoms with Gasteiger partial charge in [0, 0.05) is 12.3 Å². The van der Waals surface area contributed by atoms with Crippen LogP contribution in [0.1, 0.15) is 17.1 Å². The van der Waals surface area contributed by atoms with E-state index in [2.05, 4.69) is 10.3 Å². The molecule has 0 fully saturated rings. The molecule has 0 amide bonds. The van der Waals surface area contributed by atoms with Crippen molar-refractivity contribution in [3.8, 4) is 5.75 Å². The van der Waals surface area contributed by atoms with Crippen LogP contribution >= 0.6 is 11.6 Å². The van der Waals surface area contributed by atoms with Crippen LogP contribution in [0.15, 0.2) is 28.9 Å². The number of nitrogens with one attached hydrogen (secondary N) is 1. The lowest BCUT2D eigenvalue weighted by atomic mass is 10.2. The molecule has 0 aromatic carbocycles. The molecule has 2 rings (SSSR count). The summed E-state index contributed by atoms with van der Waals surface area (Å²) in [6.07, 6.45) is 3.19. The number of rotatable bonds is 5. The number of hydrogen-bond donors (Lipinski definition) is 1. The molecule has 0 aliphatic heterocycles. The maximum absolute atomic E-state index is 5.82. The van der Waals surface area contributed by atoms with Gasteiger partial charge in [-0.3, -0.25) is 4.98 Å². The molecule has 0 atom stereocenters. The number of furan rings is 1. The minimum Gasteiger partial charge on any atom is -0.484 e. The predicted octanol–water partition coefficient (Wildman–Crippen LogP) is 2.93. The highest BCUT2D eigenvalue weighted by Crippen LogP contribution is 2.19. The van der Waals surface area contributed by atoms with Gasteiger partial charge in [0.05, 0.1) is 17.8 Å². The molecule has 0 unspecified atom stereocenters. The molecular weight excluding hydrogens is 252 g/mol. The molecule has 96 valence electrons. The summed E-state index contributed by atoms with van der Waals surface area (Å²) >= 11 is 5.82. The van der Waals surface area contributed by atoms with Gasteiger partial charge in [0.2, 0.25) is 0 Å². The van der Waals surface area contributed by atoms with Gasteiger partial charge >= 0.3 is 0 Å². The number of hydrogen-bond acceptors (Lipinski definition) is 4. The normalized spacial score (nSPS) is 10.6. The fourth-order valence-electron chi connectivity index (χ4n) is 1.62. The Morgan fingerprint density at radius 3 is 2.94 bits per heavy atom. The molecule has 2 aromatic rings. The number of halogens is 1. The van der Waals surface area contributed by atoms with Crippen molar-refractivity contribution in [1.29, 1.82) is 0 Å². The number of nitrogens with zero attached hydrogens (tertiary/aromatic N) is 1. The largest absolute Gasteiger partial charge is 0.484 e. The summed E-state index contributed by atoms with van der Waals surface area (Å²) in [7, 11) is 1.88. The molecule has 0 aliphatic rings. The van der Waals surface area contributed by atoms with Crippen molar-refractivity contribution in [3.63, 3.8) is 0 Å². The molecule has 0 radical (unpaired) electrons. The Morgan fingerprint density at radius 2 is 2.22 bits per heavy atom. The molecule has 5 heteroatoms. The summed E-state index contributed by atoms with van der Waals surface area (Å²) in [5.74, 6) is 2.35. The van der Waals surface area contributed by atoms with Crippen LogP contribution < -0.4 is 10.1 Å². The summed E-state index contributed by atoms with van der Waals surface area (Å²) in [5, 5.41) is 3.61. The average molecular weight is 267 g/mol. The molecule has 18 heavy (non-hydrogen) atoms. The molecule has 4 nitrogen and oxygen atoms in total. The molecule has 0 aliphatic carbocycles. The van der Waals surface area contributed by atoms with E-state index in [1.165, 1.54) is 0 Å². The monoisotopic (exact) mass is 266 g/mol. The second kappa shape index (κ2) is 5.89. The van der Waals surface area contributed by atoms with E-state index in [0.717, 1.165) is 17.1 Å². The van der Waals surface area contributed by atoms with Crippen LogP contribution in [0.3, 0.4) is 0 Å². The van der Waals surface area contributed by atoms with Crippen LogP contribution in [-0.4, -0.2) is 12.0 Å². The zero-order chi connectivity index (χ0) is 13.0. The zero-order valence-corrected chi connectivity index (χ0v) is 11.1. The highest BCUT2D eigenvalue weighted by atomic mass is 35.5. The van der Waals surface area contributed by atoms with E-state index in [9.17, 15) is 0 Å². The molecule has 0 saturated carbocycles. The van der Waals surface area contributed by atoms with E-state index in [0.29, 0.717) is 23.9 Å². The van der Waals surface area contributed by atoms with Gasteiger partial charge < -0.3 is 14.5 Å². The smallest absolute Gasteiger partial charge is 0.146 e. The molecule has 2 aromatic heterocycles. The van der Waals surface area contributed by atoms with Crippen LogP contribution in [0, 0.1) is 6.92 Å². The Hall–Kier alpha value is -1.52. The van der Waals surface area contributed by atoms with Crippen LogP contribution in [0.5, 0.6) is 5.75 Å². The third-order valence-corrected chi connectivity index (χ3v) is 2.68. The van der Waals surface area contributed by atoms with Crippen molar-refractivity contribution in [2.75, 3.05) is 7.05 Å². The molecule has 0 saturated heterocycles. The van der Waals surface area contributed by atoms with Crippen LogP contribution in [0.25, 0.3) is 0 Å². The molecule has 2 heterocycles. The molecular formula is C13H15ClN2O2. The molecule has 0 bridgehead atoms. The standard InChI is InChI=1S/C13H15ClN2O2/c1-9-3-12(18-13(9)7-15-2)8-17-11-4-10(14)5-16-6-11/h3-6,15H,7-8H2,1-2H3. The van der Waals surface area contributed by atoms with Gasteiger partial charge in [0.25, 0.3) is 0 Å². The number of ether oxygens (including phenoxy) is 1. The zero-order valence-electron chi connectivity index (χ0n) is 10.4. The maximum Gasteiger partial charge on any atom is 0.146 e. The fourth-order valence-corrected chi connectivity index (χ4v) is 1.79. The van der Waals surface area contributed by atoms with E-state index < -0.39 is 0 Å². The van der Waals surface area contributed by atoms with Gasteiger partial charge in [-0.2, -0.15) is 0 Å². The van der Waals surface area contributed by atoms with Crippen molar-refractivity contribution >= 4 is 11.6 Å². The Balaban J connectivity index is 2.00.